The van der Waals surface area contributed by atoms with Gasteiger partial charge in [-0.3, -0.25) is 0 Å². The summed E-state index contributed by atoms with van der Waals surface area (Å²) in [5, 5.41) is 0. The molecular formula is C10H15NO. The maximum atomic E-state index is 6.11. The number of hydrogen-bond donors (Lipinski definition) is 1. The third-order valence-electron chi connectivity index (χ3n) is 2.95. The minimum atomic E-state index is 0.139. The molecule has 1 aromatic rings. The molecule has 0 aromatic carbocycles. The summed E-state index contributed by atoms with van der Waals surface area (Å²) in [4.78, 5) is 0. The second-order valence-corrected chi connectivity index (χ2v) is 4.27. The van der Waals surface area contributed by atoms with E-state index in [2.05, 4.69) is 13.8 Å². The fourth-order valence-corrected chi connectivity index (χ4v) is 1.84. The molecule has 1 aliphatic rings. The zero-order valence-corrected chi connectivity index (χ0v) is 7.63. The SMILES string of the molecule is CC1(C)CCc2occc2[C@H]1N. The van der Waals surface area contributed by atoms with Gasteiger partial charge in [0.2, 0.25) is 0 Å². The Balaban J connectivity index is 2.42. The first-order chi connectivity index (χ1) is 5.61. The maximum absolute atomic E-state index is 6.11. The zero-order chi connectivity index (χ0) is 8.77. The van der Waals surface area contributed by atoms with Gasteiger partial charge in [0.15, 0.2) is 0 Å². The summed E-state index contributed by atoms with van der Waals surface area (Å²) in [5.41, 5.74) is 7.53. The highest BCUT2D eigenvalue weighted by molar-refractivity contribution is 5.26. The van der Waals surface area contributed by atoms with E-state index in [1.807, 2.05) is 6.07 Å². The van der Waals surface area contributed by atoms with Crippen LogP contribution in [0, 0.1) is 5.41 Å². The number of rotatable bonds is 0. The van der Waals surface area contributed by atoms with Crippen LogP contribution in [0.15, 0.2) is 16.7 Å². The lowest BCUT2D eigenvalue weighted by atomic mass is 9.73. The summed E-state index contributed by atoms with van der Waals surface area (Å²) >= 11 is 0. The first kappa shape index (κ1) is 7.87. The van der Waals surface area contributed by atoms with Crippen LogP contribution < -0.4 is 5.73 Å². The van der Waals surface area contributed by atoms with Crippen molar-refractivity contribution in [2.24, 2.45) is 11.1 Å². The van der Waals surface area contributed by atoms with Crippen LogP contribution in [0.25, 0.3) is 0 Å². The van der Waals surface area contributed by atoms with Gasteiger partial charge in [-0.2, -0.15) is 0 Å². The summed E-state index contributed by atoms with van der Waals surface area (Å²) < 4.78 is 5.34. The van der Waals surface area contributed by atoms with Crippen LogP contribution in [0.3, 0.4) is 0 Å². The minimum Gasteiger partial charge on any atom is -0.469 e. The first-order valence-corrected chi connectivity index (χ1v) is 4.43. The normalized spacial score (nSPS) is 26.8. The van der Waals surface area contributed by atoms with Gasteiger partial charge in [-0.05, 0) is 17.9 Å². The molecule has 0 spiro atoms. The Morgan fingerprint density at radius 1 is 1.58 bits per heavy atom. The van der Waals surface area contributed by atoms with Crippen molar-refractivity contribution in [1.29, 1.82) is 0 Å². The largest absolute Gasteiger partial charge is 0.469 e. The molecule has 1 heterocycles. The lowest BCUT2D eigenvalue weighted by molar-refractivity contribution is 0.236. The maximum Gasteiger partial charge on any atom is 0.108 e. The molecule has 66 valence electrons. The molecular weight excluding hydrogens is 150 g/mol. The van der Waals surface area contributed by atoms with E-state index in [1.54, 1.807) is 6.26 Å². The quantitative estimate of drug-likeness (QED) is 0.640. The highest BCUT2D eigenvalue weighted by Crippen LogP contribution is 2.41. The van der Waals surface area contributed by atoms with Crippen molar-refractivity contribution >= 4 is 0 Å². The number of furan rings is 1. The van der Waals surface area contributed by atoms with Crippen molar-refractivity contribution in [3.63, 3.8) is 0 Å². The van der Waals surface area contributed by atoms with E-state index in [1.165, 1.54) is 5.56 Å². The van der Waals surface area contributed by atoms with Gasteiger partial charge >= 0.3 is 0 Å². The monoisotopic (exact) mass is 165 g/mol. The van der Waals surface area contributed by atoms with Gasteiger partial charge in [0.1, 0.15) is 5.76 Å². The summed E-state index contributed by atoms with van der Waals surface area (Å²) in [6.07, 6.45) is 3.89. The van der Waals surface area contributed by atoms with Crippen molar-refractivity contribution in [2.75, 3.05) is 0 Å². The molecule has 0 radical (unpaired) electrons. The van der Waals surface area contributed by atoms with Crippen LogP contribution in [0.5, 0.6) is 0 Å². The summed E-state index contributed by atoms with van der Waals surface area (Å²) in [7, 11) is 0. The van der Waals surface area contributed by atoms with Crippen molar-refractivity contribution in [2.45, 2.75) is 32.7 Å². The van der Waals surface area contributed by atoms with Gasteiger partial charge in [-0.15, -0.1) is 0 Å². The molecule has 2 nitrogen and oxygen atoms in total. The number of nitrogens with two attached hydrogens (primary N) is 1. The van der Waals surface area contributed by atoms with Crippen molar-refractivity contribution in [3.8, 4) is 0 Å². The molecule has 0 amide bonds. The Morgan fingerprint density at radius 2 is 2.33 bits per heavy atom. The Bertz CT molecular complexity index is 288. The second kappa shape index (κ2) is 2.36. The predicted octanol–water partition coefficient (Wildman–Crippen LogP) is 2.25. The molecule has 0 bridgehead atoms. The standard InChI is InChI=1S/C10H15NO/c1-10(2)5-3-8-7(9(10)11)4-6-12-8/h4,6,9H,3,5,11H2,1-2H3/t9-/m1/s1. The molecule has 0 saturated heterocycles. The van der Waals surface area contributed by atoms with Gasteiger partial charge in [0, 0.05) is 18.0 Å². The Kier molecular flexibility index (Phi) is 1.55. The molecule has 0 fully saturated rings. The van der Waals surface area contributed by atoms with Crippen LogP contribution in [0.4, 0.5) is 0 Å². The Labute approximate surface area is 72.7 Å². The van der Waals surface area contributed by atoms with Crippen molar-refractivity contribution in [3.05, 3.63) is 23.7 Å². The summed E-state index contributed by atoms with van der Waals surface area (Å²) in [6, 6.07) is 2.14. The minimum absolute atomic E-state index is 0.139. The third kappa shape index (κ3) is 0.985. The van der Waals surface area contributed by atoms with Gasteiger partial charge in [-0.1, -0.05) is 13.8 Å². The Hall–Kier alpha value is -0.760. The number of fused-ring (bicyclic) bond motifs is 1. The van der Waals surface area contributed by atoms with E-state index in [9.17, 15) is 0 Å². The fraction of sp³-hybridized carbons (Fsp3) is 0.600. The van der Waals surface area contributed by atoms with Gasteiger partial charge in [-0.25, -0.2) is 0 Å². The molecule has 0 aliphatic heterocycles. The van der Waals surface area contributed by atoms with Gasteiger partial charge in [0.05, 0.1) is 6.26 Å². The molecule has 2 heteroatoms. The third-order valence-corrected chi connectivity index (χ3v) is 2.95. The average Bonchev–Trinajstić information content (AvgIpc) is 2.45. The summed E-state index contributed by atoms with van der Waals surface area (Å²) in [5.74, 6) is 1.09. The predicted molar refractivity (Wildman–Crippen MR) is 47.7 cm³/mol. The molecule has 2 N–H and O–H groups in total. The molecule has 1 aromatic heterocycles. The highest BCUT2D eigenvalue weighted by Gasteiger charge is 2.34. The van der Waals surface area contributed by atoms with Crippen LogP contribution in [-0.2, 0) is 6.42 Å². The van der Waals surface area contributed by atoms with E-state index in [4.69, 9.17) is 10.2 Å². The molecule has 2 rings (SSSR count). The van der Waals surface area contributed by atoms with Crippen molar-refractivity contribution < 1.29 is 4.42 Å². The van der Waals surface area contributed by atoms with Crippen LogP contribution in [0.1, 0.15) is 37.6 Å². The highest BCUT2D eigenvalue weighted by atomic mass is 16.3. The van der Waals surface area contributed by atoms with Gasteiger partial charge < -0.3 is 10.2 Å². The van der Waals surface area contributed by atoms with E-state index in [0.717, 1.165) is 18.6 Å². The van der Waals surface area contributed by atoms with Crippen LogP contribution in [-0.4, -0.2) is 0 Å². The molecule has 1 aliphatic carbocycles. The second-order valence-electron chi connectivity index (χ2n) is 4.27. The molecule has 0 unspecified atom stereocenters. The van der Waals surface area contributed by atoms with Crippen LogP contribution in [0.2, 0.25) is 0 Å². The topological polar surface area (TPSA) is 39.2 Å². The number of hydrogen-bond acceptors (Lipinski definition) is 2. The molecule has 1 atom stereocenters. The van der Waals surface area contributed by atoms with E-state index in [0.29, 0.717) is 0 Å². The van der Waals surface area contributed by atoms with E-state index < -0.39 is 0 Å². The average molecular weight is 165 g/mol. The smallest absolute Gasteiger partial charge is 0.108 e. The molecule has 12 heavy (non-hydrogen) atoms. The lowest BCUT2D eigenvalue weighted by Crippen LogP contribution is -2.33. The number of aryl methyl sites for hydroxylation is 1. The first-order valence-electron chi connectivity index (χ1n) is 4.43. The zero-order valence-electron chi connectivity index (χ0n) is 7.63. The lowest BCUT2D eigenvalue weighted by Gasteiger charge is -2.35. The van der Waals surface area contributed by atoms with E-state index >= 15 is 0 Å². The van der Waals surface area contributed by atoms with E-state index in [-0.39, 0.29) is 11.5 Å². The Morgan fingerprint density at radius 3 is 3.08 bits per heavy atom. The van der Waals surface area contributed by atoms with Gasteiger partial charge in [0.25, 0.3) is 0 Å². The van der Waals surface area contributed by atoms with Crippen LogP contribution >= 0.6 is 0 Å². The fourth-order valence-electron chi connectivity index (χ4n) is 1.84. The van der Waals surface area contributed by atoms with Crippen molar-refractivity contribution in [1.82, 2.24) is 0 Å². The molecule has 0 saturated carbocycles. The summed E-state index contributed by atoms with van der Waals surface area (Å²) in [6.45, 7) is 4.43.